The van der Waals surface area contributed by atoms with E-state index in [-0.39, 0.29) is 10.6 Å². The van der Waals surface area contributed by atoms with Crippen LogP contribution in [0.1, 0.15) is 32.6 Å². The van der Waals surface area contributed by atoms with E-state index in [1.165, 1.54) is 12.8 Å². The smallest absolute Gasteiger partial charge is 0.315 e. The molecule has 2 unspecified atom stereocenters. The number of hydrogen-bond acceptors (Lipinski definition) is 4. The Bertz CT molecular complexity index is 490. The number of benzene rings is 1. The fourth-order valence-electron chi connectivity index (χ4n) is 3.16. The van der Waals surface area contributed by atoms with Gasteiger partial charge in [-0.15, -0.1) is 0 Å². The third-order valence-corrected chi connectivity index (χ3v) is 4.30. The molecule has 1 saturated carbocycles. The monoisotopic (exact) mass is 277 g/mol. The SMILES string of the molecule is CNc1cccc(N(C)C2CCCC(C)C2)c1[N+](=O)[O-]. The number of nitrogens with one attached hydrogen (secondary N) is 1. The zero-order valence-corrected chi connectivity index (χ0v) is 12.4. The first kappa shape index (κ1) is 14.6. The van der Waals surface area contributed by atoms with Crippen LogP contribution in [0.4, 0.5) is 17.1 Å². The first-order valence-corrected chi connectivity index (χ1v) is 7.22. The number of nitro groups is 1. The van der Waals surface area contributed by atoms with Crippen molar-refractivity contribution in [3.8, 4) is 0 Å². The lowest BCUT2D eigenvalue weighted by atomic mass is 9.86. The molecule has 1 aliphatic rings. The van der Waals surface area contributed by atoms with Crippen LogP contribution in [-0.4, -0.2) is 25.1 Å². The molecule has 0 aromatic heterocycles. The lowest BCUT2D eigenvalue weighted by Crippen LogP contribution is -2.36. The van der Waals surface area contributed by atoms with Crippen LogP contribution < -0.4 is 10.2 Å². The minimum atomic E-state index is -0.288. The standard InChI is InChI=1S/C15H23N3O2/c1-11-6-4-7-12(10-11)17(3)14-9-5-8-13(16-2)15(14)18(19)20/h5,8-9,11-12,16H,4,6-7,10H2,1-3H3. The minimum absolute atomic E-state index is 0.177. The van der Waals surface area contributed by atoms with E-state index in [0.717, 1.165) is 12.8 Å². The van der Waals surface area contributed by atoms with Gasteiger partial charge in [-0.3, -0.25) is 10.1 Å². The number of hydrogen-bond donors (Lipinski definition) is 1. The summed E-state index contributed by atoms with van der Waals surface area (Å²) in [5.41, 5.74) is 1.46. The lowest BCUT2D eigenvalue weighted by molar-refractivity contribution is -0.383. The second kappa shape index (κ2) is 6.11. The molecule has 5 nitrogen and oxygen atoms in total. The summed E-state index contributed by atoms with van der Waals surface area (Å²) in [6.45, 7) is 2.26. The van der Waals surface area contributed by atoms with Gasteiger partial charge in [0.2, 0.25) is 0 Å². The van der Waals surface area contributed by atoms with Crippen molar-refractivity contribution in [3.05, 3.63) is 28.3 Å². The third-order valence-electron chi connectivity index (χ3n) is 4.30. The molecule has 0 amide bonds. The topological polar surface area (TPSA) is 58.4 Å². The molecule has 0 aliphatic heterocycles. The maximum absolute atomic E-state index is 11.4. The van der Waals surface area contributed by atoms with Crippen molar-refractivity contribution in [2.24, 2.45) is 5.92 Å². The average molecular weight is 277 g/mol. The van der Waals surface area contributed by atoms with Crippen molar-refractivity contribution in [2.45, 2.75) is 38.6 Å². The fraction of sp³-hybridized carbons (Fsp3) is 0.600. The summed E-state index contributed by atoms with van der Waals surface area (Å²) in [6.07, 6.45) is 4.69. The van der Waals surface area contributed by atoms with E-state index < -0.39 is 0 Å². The molecular formula is C15H23N3O2. The molecule has 0 bridgehead atoms. The number of anilines is 2. The zero-order chi connectivity index (χ0) is 14.7. The molecule has 1 aromatic rings. The molecule has 1 fully saturated rings. The fourth-order valence-corrected chi connectivity index (χ4v) is 3.16. The lowest BCUT2D eigenvalue weighted by Gasteiger charge is -2.35. The molecular weight excluding hydrogens is 254 g/mol. The number of rotatable bonds is 4. The Kier molecular flexibility index (Phi) is 4.47. The van der Waals surface area contributed by atoms with Gasteiger partial charge in [-0.1, -0.05) is 25.8 Å². The third kappa shape index (κ3) is 2.86. The van der Waals surface area contributed by atoms with E-state index in [1.54, 1.807) is 13.1 Å². The Morgan fingerprint density at radius 3 is 2.75 bits per heavy atom. The highest BCUT2D eigenvalue weighted by Crippen LogP contribution is 2.38. The maximum atomic E-state index is 11.4. The van der Waals surface area contributed by atoms with Crippen LogP contribution >= 0.6 is 0 Å². The van der Waals surface area contributed by atoms with Gasteiger partial charge in [-0.05, 0) is 30.9 Å². The maximum Gasteiger partial charge on any atom is 0.315 e. The van der Waals surface area contributed by atoms with Gasteiger partial charge in [0, 0.05) is 20.1 Å². The summed E-state index contributed by atoms with van der Waals surface area (Å²) in [5, 5.41) is 14.3. The van der Waals surface area contributed by atoms with Gasteiger partial charge >= 0.3 is 5.69 Å². The Hall–Kier alpha value is -1.78. The number of nitro benzene ring substituents is 1. The van der Waals surface area contributed by atoms with Crippen LogP contribution in [-0.2, 0) is 0 Å². The molecule has 2 rings (SSSR count). The molecule has 1 aromatic carbocycles. The second-order valence-electron chi connectivity index (χ2n) is 5.72. The highest BCUT2D eigenvalue weighted by Gasteiger charge is 2.28. The summed E-state index contributed by atoms with van der Waals surface area (Å²) < 4.78 is 0. The predicted molar refractivity (Wildman–Crippen MR) is 82.5 cm³/mol. The highest BCUT2D eigenvalue weighted by molar-refractivity contribution is 5.77. The normalized spacial score (nSPS) is 22.4. The van der Waals surface area contributed by atoms with Crippen LogP contribution in [0.25, 0.3) is 0 Å². The molecule has 1 N–H and O–H groups in total. The van der Waals surface area contributed by atoms with Crippen LogP contribution in [0.15, 0.2) is 18.2 Å². The van der Waals surface area contributed by atoms with Crippen molar-refractivity contribution < 1.29 is 4.92 Å². The molecule has 20 heavy (non-hydrogen) atoms. The first-order valence-electron chi connectivity index (χ1n) is 7.22. The molecule has 110 valence electrons. The van der Waals surface area contributed by atoms with E-state index in [4.69, 9.17) is 0 Å². The summed E-state index contributed by atoms with van der Waals surface area (Å²) >= 11 is 0. The van der Waals surface area contributed by atoms with Crippen LogP contribution in [0, 0.1) is 16.0 Å². The van der Waals surface area contributed by atoms with Gasteiger partial charge in [-0.25, -0.2) is 0 Å². The van der Waals surface area contributed by atoms with E-state index >= 15 is 0 Å². The number of para-hydroxylation sites is 1. The van der Waals surface area contributed by atoms with Gasteiger partial charge in [0.05, 0.1) is 4.92 Å². The van der Waals surface area contributed by atoms with Crippen molar-refractivity contribution in [2.75, 3.05) is 24.3 Å². The highest BCUT2D eigenvalue weighted by atomic mass is 16.6. The van der Waals surface area contributed by atoms with Crippen LogP contribution in [0.3, 0.4) is 0 Å². The van der Waals surface area contributed by atoms with Gasteiger partial charge in [0.15, 0.2) is 0 Å². The van der Waals surface area contributed by atoms with E-state index in [0.29, 0.717) is 23.3 Å². The van der Waals surface area contributed by atoms with Gasteiger partial charge in [-0.2, -0.15) is 0 Å². The Morgan fingerprint density at radius 1 is 1.40 bits per heavy atom. The second-order valence-corrected chi connectivity index (χ2v) is 5.72. The summed E-state index contributed by atoms with van der Waals surface area (Å²) in [5.74, 6) is 0.697. The zero-order valence-electron chi connectivity index (χ0n) is 12.4. The average Bonchev–Trinajstić information content (AvgIpc) is 2.45. The van der Waals surface area contributed by atoms with E-state index in [2.05, 4.69) is 17.1 Å². The first-order chi connectivity index (χ1) is 9.54. The summed E-state index contributed by atoms with van der Waals surface area (Å²) in [7, 11) is 3.69. The molecule has 1 aliphatic carbocycles. The van der Waals surface area contributed by atoms with Crippen molar-refractivity contribution in [1.82, 2.24) is 0 Å². The number of nitrogens with zero attached hydrogens (tertiary/aromatic N) is 2. The molecule has 0 spiro atoms. The Labute approximate surface area is 120 Å². The van der Waals surface area contributed by atoms with Crippen LogP contribution in [0.2, 0.25) is 0 Å². The summed E-state index contributed by atoms with van der Waals surface area (Å²) in [6, 6.07) is 5.86. The summed E-state index contributed by atoms with van der Waals surface area (Å²) in [4.78, 5) is 13.2. The molecule has 0 heterocycles. The van der Waals surface area contributed by atoms with Crippen molar-refractivity contribution in [3.63, 3.8) is 0 Å². The van der Waals surface area contributed by atoms with E-state index in [1.807, 2.05) is 19.2 Å². The molecule has 0 radical (unpaired) electrons. The quantitative estimate of drug-likeness (QED) is 0.674. The minimum Gasteiger partial charge on any atom is -0.382 e. The van der Waals surface area contributed by atoms with Crippen LogP contribution in [0.5, 0.6) is 0 Å². The predicted octanol–water partition coefficient (Wildman–Crippen LogP) is 3.65. The van der Waals surface area contributed by atoms with E-state index in [9.17, 15) is 10.1 Å². The molecule has 2 atom stereocenters. The van der Waals surface area contributed by atoms with Gasteiger partial charge in [0.25, 0.3) is 0 Å². The van der Waals surface area contributed by atoms with Gasteiger partial charge in [0.1, 0.15) is 11.4 Å². The Morgan fingerprint density at radius 2 is 2.15 bits per heavy atom. The van der Waals surface area contributed by atoms with Gasteiger partial charge < -0.3 is 10.2 Å². The van der Waals surface area contributed by atoms with Crippen molar-refractivity contribution >= 4 is 17.1 Å². The Balaban J connectivity index is 2.33. The largest absolute Gasteiger partial charge is 0.382 e. The molecule has 0 saturated heterocycles. The molecule has 5 heteroatoms. The van der Waals surface area contributed by atoms with Crippen molar-refractivity contribution in [1.29, 1.82) is 0 Å².